The number of amides is 1. The normalized spacial score (nSPS) is 11.4. The minimum Gasteiger partial charge on any atom is -0.507 e. The van der Waals surface area contributed by atoms with Gasteiger partial charge in [0.05, 0.1) is 29.2 Å². The molecule has 0 unspecified atom stereocenters. The van der Waals surface area contributed by atoms with Crippen LogP contribution in [0.2, 0.25) is 0 Å². The van der Waals surface area contributed by atoms with E-state index in [4.69, 9.17) is 0 Å². The Morgan fingerprint density at radius 3 is 2.50 bits per heavy atom. The lowest BCUT2D eigenvalue weighted by molar-refractivity contribution is 0.0948. The molecule has 32 heavy (non-hydrogen) atoms. The minimum atomic E-state index is -3.49. The molecule has 4 rings (SSSR count). The summed E-state index contributed by atoms with van der Waals surface area (Å²) in [5.74, 6) is -0.738. The number of carbonyl (C=O) groups excluding carboxylic acids is 1. The number of nitrogens with zero attached hydrogens (tertiary/aromatic N) is 2. The van der Waals surface area contributed by atoms with Crippen molar-refractivity contribution in [3.63, 3.8) is 0 Å². The van der Waals surface area contributed by atoms with Crippen LogP contribution < -0.4 is 10.0 Å². The summed E-state index contributed by atoms with van der Waals surface area (Å²) in [5, 5.41) is 12.7. The smallest absolute Gasteiger partial charge is 0.255 e. The second kappa shape index (κ2) is 8.72. The molecule has 0 aliphatic carbocycles. The monoisotopic (exact) mass is 450 g/mol. The minimum absolute atomic E-state index is 0.0118. The summed E-state index contributed by atoms with van der Waals surface area (Å²) in [6.45, 7) is 0.942. The quantitative estimate of drug-likeness (QED) is 0.375. The number of hydrogen-bond donors (Lipinski definition) is 3. The van der Waals surface area contributed by atoms with E-state index in [-0.39, 0.29) is 23.5 Å². The Bertz CT molecular complexity index is 1380. The van der Waals surface area contributed by atoms with Gasteiger partial charge in [0.1, 0.15) is 5.75 Å². The Kier molecular flexibility index (Phi) is 5.83. The number of para-hydroxylation sites is 2. The first-order valence-corrected chi connectivity index (χ1v) is 11.7. The maximum Gasteiger partial charge on any atom is 0.255 e. The van der Waals surface area contributed by atoms with Gasteiger partial charge in [0, 0.05) is 18.8 Å². The molecule has 0 bridgehead atoms. The lowest BCUT2D eigenvalue weighted by Crippen LogP contribution is -2.23. The zero-order chi connectivity index (χ0) is 22.7. The molecule has 0 fully saturated rings. The van der Waals surface area contributed by atoms with Crippen LogP contribution in [0.25, 0.3) is 11.0 Å². The highest BCUT2D eigenvalue weighted by Crippen LogP contribution is 2.22. The van der Waals surface area contributed by atoms with Gasteiger partial charge in [-0.25, -0.2) is 13.4 Å². The van der Waals surface area contributed by atoms with Crippen LogP contribution in [0.3, 0.4) is 0 Å². The summed E-state index contributed by atoms with van der Waals surface area (Å²) in [4.78, 5) is 16.9. The van der Waals surface area contributed by atoms with Crippen molar-refractivity contribution < 1.29 is 18.3 Å². The average molecular weight is 451 g/mol. The highest BCUT2D eigenvalue weighted by molar-refractivity contribution is 7.92. The molecule has 0 spiro atoms. The molecule has 1 aromatic heterocycles. The fourth-order valence-corrected chi connectivity index (χ4v) is 3.92. The number of aromatic hydroxyl groups is 1. The maximum absolute atomic E-state index is 12.5. The number of anilines is 1. The molecule has 0 aliphatic rings. The van der Waals surface area contributed by atoms with Gasteiger partial charge in [-0.05, 0) is 41.5 Å². The molecular weight excluding hydrogens is 428 g/mol. The molecule has 0 aliphatic heterocycles. The number of sulfonamides is 1. The van der Waals surface area contributed by atoms with E-state index in [9.17, 15) is 18.3 Å². The number of rotatable bonds is 7. The zero-order valence-corrected chi connectivity index (χ0v) is 18.1. The summed E-state index contributed by atoms with van der Waals surface area (Å²) in [6.07, 6.45) is 2.83. The van der Waals surface area contributed by atoms with Gasteiger partial charge in [-0.3, -0.25) is 9.52 Å². The molecule has 1 heterocycles. The number of carbonyl (C=O) groups is 1. The molecule has 3 aromatic carbocycles. The Balaban J connectivity index is 1.40. The molecule has 3 N–H and O–H groups in total. The molecule has 0 saturated carbocycles. The van der Waals surface area contributed by atoms with Crippen molar-refractivity contribution >= 4 is 32.7 Å². The van der Waals surface area contributed by atoms with Crippen LogP contribution in [0.1, 0.15) is 21.5 Å². The van der Waals surface area contributed by atoms with Gasteiger partial charge >= 0.3 is 0 Å². The first-order valence-electron chi connectivity index (χ1n) is 9.85. The van der Waals surface area contributed by atoms with Crippen LogP contribution >= 0.6 is 0 Å². The third-order valence-electron chi connectivity index (χ3n) is 4.90. The summed E-state index contributed by atoms with van der Waals surface area (Å²) >= 11 is 0. The SMILES string of the molecule is CS(=O)(=O)Nc1ccc(O)c(C(=O)NCc2ccc(Cn3cnc4ccccc43)cc2)c1. The number of phenols is 1. The topological polar surface area (TPSA) is 113 Å². The van der Waals surface area contributed by atoms with Crippen molar-refractivity contribution in [2.75, 3.05) is 11.0 Å². The lowest BCUT2D eigenvalue weighted by Gasteiger charge is -2.10. The van der Waals surface area contributed by atoms with Gasteiger partial charge in [0.15, 0.2) is 0 Å². The number of nitrogens with one attached hydrogen (secondary N) is 2. The molecular formula is C23H22N4O4S. The maximum atomic E-state index is 12.5. The second-order valence-electron chi connectivity index (χ2n) is 7.47. The third-order valence-corrected chi connectivity index (χ3v) is 5.51. The Hall–Kier alpha value is -3.85. The van der Waals surface area contributed by atoms with Gasteiger partial charge in [-0.1, -0.05) is 36.4 Å². The van der Waals surface area contributed by atoms with Gasteiger partial charge in [-0.15, -0.1) is 0 Å². The van der Waals surface area contributed by atoms with Crippen molar-refractivity contribution in [2.24, 2.45) is 0 Å². The van der Waals surface area contributed by atoms with Crippen LogP contribution in [0, 0.1) is 0 Å². The molecule has 4 aromatic rings. The Morgan fingerprint density at radius 2 is 1.75 bits per heavy atom. The van der Waals surface area contributed by atoms with Gasteiger partial charge in [0.25, 0.3) is 5.91 Å². The number of phenolic OH excluding ortho intramolecular Hbond substituents is 1. The summed E-state index contributed by atoms with van der Waals surface area (Å²) in [6, 6.07) is 19.7. The first-order chi connectivity index (χ1) is 15.3. The van der Waals surface area contributed by atoms with E-state index in [0.717, 1.165) is 28.4 Å². The predicted octanol–water partition coefficient (Wildman–Crippen LogP) is 3.09. The van der Waals surface area contributed by atoms with E-state index in [0.29, 0.717) is 6.54 Å². The van der Waals surface area contributed by atoms with Crippen molar-refractivity contribution in [2.45, 2.75) is 13.1 Å². The summed E-state index contributed by atoms with van der Waals surface area (Å²) in [5.41, 5.74) is 4.19. The molecule has 8 nitrogen and oxygen atoms in total. The van der Waals surface area contributed by atoms with Crippen LogP contribution in [0.15, 0.2) is 73.1 Å². The van der Waals surface area contributed by atoms with Crippen molar-refractivity contribution in [1.82, 2.24) is 14.9 Å². The Morgan fingerprint density at radius 1 is 1.03 bits per heavy atom. The number of fused-ring (bicyclic) bond motifs is 1. The van der Waals surface area contributed by atoms with E-state index in [1.807, 2.05) is 54.9 Å². The highest BCUT2D eigenvalue weighted by Gasteiger charge is 2.13. The van der Waals surface area contributed by atoms with E-state index in [1.54, 1.807) is 0 Å². The lowest BCUT2D eigenvalue weighted by atomic mass is 10.1. The predicted molar refractivity (Wildman–Crippen MR) is 123 cm³/mol. The van der Waals surface area contributed by atoms with Gasteiger partial charge < -0.3 is 15.0 Å². The van der Waals surface area contributed by atoms with E-state index >= 15 is 0 Å². The molecule has 0 radical (unpaired) electrons. The summed E-state index contributed by atoms with van der Waals surface area (Å²) in [7, 11) is -3.49. The van der Waals surface area contributed by atoms with E-state index < -0.39 is 15.9 Å². The van der Waals surface area contributed by atoms with E-state index in [1.165, 1.54) is 18.2 Å². The van der Waals surface area contributed by atoms with Crippen LogP contribution in [-0.2, 0) is 23.1 Å². The first kappa shape index (κ1) is 21.4. The van der Waals surface area contributed by atoms with Gasteiger partial charge in [0.2, 0.25) is 10.0 Å². The molecule has 0 saturated heterocycles. The van der Waals surface area contributed by atoms with Crippen molar-refractivity contribution in [3.8, 4) is 5.75 Å². The zero-order valence-electron chi connectivity index (χ0n) is 17.3. The third kappa shape index (κ3) is 5.06. The fraction of sp³-hybridized carbons (Fsp3) is 0.130. The summed E-state index contributed by atoms with van der Waals surface area (Å²) < 4.78 is 27.1. The second-order valence-corrected chi connectivity index (χ2v) is 9.21. The number of hydrogen-bond acceptors (Lipinski definition) is 5. The largest absolute Gasteiger partial charge is 0.507 e. The van der Waals surface area contributed by atoms with Crippen molar-refractivity contribution in [1.29, 1.82) is 0 Å². The van der Waals surface area contributed by atoms with Gasteiger partial charge in [-0.2, -0.15) is 0 Å². The van der Waals surface area contributed by atoms with Crippen LogP contribution in [0.5, 0.6) is 5.75 Å². The molecule has 9 heteroatoms. The molecule has 1 amide bonds. The number of benzene rings is 3. The van der Waals surface area contributed by atoms with Crippen LogP contribution in [0.4, 0.5) is 5.69 Å². The fourth-order valence-electron chi connectivity index (χ4n) is 3.37. The van der Waals surface area contributed by atoms with Crippen molar-refractivity contribution in [3.05, 3.63) is 89.7 Å². The number of imidazole rings is 1. The Labute approximate surface area is 185 Å². The van der Waals surface area contributed by atoms with Crippen LogP contribution in [-0.4, -0.2) is 35.2 Å². The number of aromatic nitrogens is 2. The highest BCUT2D eigenvalue weighted by atomic mass is 32.2. The molecule has 0 atom stereocenters. The standard InChI is InChI=1S/C23H22N4O4S/c1-32(30,31)26-18-10-11-22(28)19(12-18)23(29)24-13-16-6-8-17(9-7-16)14-27-15-25-20-4-2-3-5-21(20)27/h2-12,15,26,28H,13-14H2,1H3,(H,24,29). The molecule has 164 valence electrons. The average Bonchev–Trinajstić information content (AvgIpc) is 3.16. The van der Waals surface area contributed by atoms with E-state index in [2.05, 4.69) is 19.6 Å².